The smallest absolute Gasteiger partial charge is 0.253 e. The lowest BCUT2D eigenvalue weighted by Gasteiger charge is -2.35. The Morgan fingerprint density at radius 2 is 1.61 bits per heavy atom. The van der Waals surface area contributed by atoms with Crippen molar-refractivity contribution in [3.8, 4) is 22.9 Å². The lowest BCUT2D eigenvalue weighted by Crippen LogP contribution is -2.52. The van der Waals surface area contributed by atoms with Crippen LogP contribution in [-0.4, -0.2) is 70.7 Å². The maximum absolute atomic E-state index is 12.9. The number of hydrogen-bond donors (Lipinski definition) is 0. The maximum Gasteiger partial charge on any atom is 0.253 e. The molecule has 8 heteroatoms. The minimum absolute atomic E-state index is 0.0447. The molecule has 1 aromatic heterocycles. The van der Waals surface area contributed by atoms with Gasteiger partial charge in [-0.25, -0.2) is 0 Å². The monoisotopic (exact) mass is 446 g/mol. The number of benzene rings is 2. The van der Waals surface area contributed by atoms with E-state index in [9.17, 15) is 9.59 Å². The summed E-state index contributed by atoms with van der Waals surface area (Å²) in [4.78, 5) is 29.1. The van der Waals surface area contributed by atoms with E-state index in [4.69, 9.17) is 9.15 Å². The van der Waals surface area contributed by atoms with Crippen molar-refractivity contribution in [3.63, 3.8) is 0 Å². The van der Waals surface area contributed by atoms with Crippen molar-refractivity contribution in [2.75, 3.05) is 32.8 Å². The quantitative estimate of drug-likeness (QED) is 0.612. The van der Waals surface area contributed by atoms with Crippen LogP contribution in [0.1, 0.15) is 28.8 Å². The molecule has 170 valence electrons. The summed E-state index contributed by atoms with van der Waals surface area (Å²) in [6.07, 6.45) is 1.41. The molecule has 0 saturated carbocycles. The highest BCUT2D eigenvalue weighted by atomic mass is 16.5. The van der Waals surface area contributed by atoms with E-state index in [1.165, 1.54) is 0 Å². The van der Waals surface area contributed by atoms with Crippen molar-refractivity contribution in [2.45, 2.75) is 25.9 Å². The van der Waals surface area contributed by atoms with Crippen LogP contribution in [0.4, 0.5) is 0 Å². The molecule has 0 spiro atoms. The van der Waals surface area contributed by atoms with Crippen molar-refractivity contribution < 1.29 is 18.7 Å². The molecule has 8 nitrogen and oxygen atoms in total. The Morgan fingerprint density at radius 1 is 0.909 bits per heavy atom. The second-order valence-corrected chi connectivity index (χ2v) is 8.48. The molecular formula is C25H26N4O4. The highest BCUT2D eigenvalue weighted by molar-refractivity contribution is 5.95. The van der Waals surface area contributed by atoms with E-state index in [1.807, 2.05) is 48.2 Å². The van der Waals surface area contributed by atoms with Crippen LogP contribution >= 0.6 is 0 Å². The summed E-state index contributed by atoms with van der Waals surface area (Å²) in [5.41, 5.74) is 3.34. The van der Waals surface area contributed by atoms with Gasteiger partial charge in [-0.05, 0) is 56.2 Å². The van der Waals surface area contributed by atoms with Gasteiger partial charge in [-0.3, -0.25) is 9.59 Å². The predicted octanol–water partition coefficient (Wildman–Crippen LogP) is 3.18. The van der Waals surface area contributed by atoms with Gasteiger partial charge >= 0.3 is 0 Å². The van der Waals surface area contributed by atoms with E-state index in [0.717, 1.165) is 29.5 Å². The number of carbonyl (C=O) groups is 2. The molecule has 1 unspecified atom stereocenters. The van der Waals surface area contributed by atoms with Gasteiger partial charge in [0.05, 0.1) is 0 Å². The highest BCUT2D eigenvalue weighted by Gasteiger charge is 2.31. The Kier molecular flexibility index (Phi) is 5.92. The lowest BCUT2D eigenvalue weighted by atomic mass is 10.1. The summed E-state index contributed by atoms with van der Waals surface area (Å²) in [6.45, 7) is 4.77. The molecule has 2 aliphatic rings. The number of ether oxygens (including phenoxy) is 1. The molecule has 0 radical (unpaired) electrons. The molecule has 0 bridgehead atoms. The third-order valence-corrected chi connectivity index (χ3v) is 6.15. The molecule has 0 aliphatic carbocycles. The normalized spacial score (nSPS) is 18.5. The number of aryl methyl sites for hydroxylation is 1. The number of aromatic nitrogens is 2. The van der Waals surface area contributed by atoms with Gasteiger partial charge in [0.1, 0.15) is 6.10 Å². The zero-order valence-corrected chi connectivity index (χ0v) is 18.6. The number of nitrogens with zero attached hydrogens (tertiary/aromatic N) is 4. The number of rotatable bonds is 4. The topological polar surface area (TPSA) is 88.8 Å². The van der Waals surface area contributed by atoms with Crippen LogP contribution < -0.4 is 0 Å². The average molecular weight is 447 g/mol. The minimum Gasteiger partial charge on any atom is -0.416 e. The third kappa shape index (κ3) is 4.52. The van der Waals surface area contributed by atoms with Crippen molar-refractivity contribution >= 4 is 11.8 Å². The number of hydrogen-bond acceptors (Lipinski definition) is 6. The molecular weight excluding hydrogens is 420 g/mol. The first-order valence-electron chi connectivity index (χ1n) is 11.3. The fourth-order valence-corrected chi connectivity index (χ4v) is 4.28. The van der Waals surface area contributed by atoms with Crippen LogP contribution in [0, 0.1) is 6.92 Å². The molecule has 2 aliphatic heterocycles. The minimum atomic E-state index is -0.309. The molecule has 2 aromatic carbocycles. The molecule has 2 fully saturated rings. The summed E-state index contributed by atoms with van der Waals surface area (Å²) < 4.78 is 11.3. The number of amides is 2. The molecule has 1 atom stereocenters. The van der Waals surface area contributed by atoms with Crippen LogP contribution in [0.3, 0.4) is 0 Å². The van der Waals surface area contributed by atoms with Gasteiger partial charge in [-0.2, -0.15) is 0 Å². The summed E-state index contributed by atoms with van der Waals surface area (Å²) in [7, 11) is 0. The van der Waals surface area contributed by atoms with Crippen LogP contribution in [0.2, 0.25) is 0 Å². The van der Waals surface area contributed by atoms with Crippen LogP contribution in [0.25, 0.3) is 22.9 Å². The number of piperazine rings is 1. The van der Waals surface area contributed by atoms with Crippen LogP contribution in [0.15, 0.2) is 52.9 Å². The molecule has 33 heavy (non-hydrogen) atoms. The second kappa shape index (κ2) is 9.15. The molecule has 2 amide bonds. The largest absolute Gasteiger partial charge is 0.416 e. The molecule has 0 N–H and O–H groups in total. The fraction of sp³-hybridized carbons (Fsp3) is 0.360. The fourth-order valence-electron chi connectivity index (χ4n) is 4.28. The van der Waals surface area contributed by atoms with Gasteiger partial charge in [0, 0.05) is 49.5 Å². The van der Waals surface area contributed by atoms with E-state index in [0.29, 0.717) is 50.1 Å². The van der Waals surface area contributed by atoms with Gasteiger partial charge < -0.3 is 19.0 Å². The van der Waals surface area contributed by atoms with E-state index in [-0.39, 0.29) is 17.9 Å². The molecule has 3 heterocycles. The molecule has 3 aromatic rings. The summed E-state index contributed by atoms with van der Waals surface area (Å²) in [6, 6.07) is 15.1. The summed E-state index contributed by atoms with van der Waals surface area (Å²) in [5, 5.41) is 8.31. The van der Waals surface area contributed by atoms with Crippen LogP contribution in [0.5, 0.6) is 0 Å². The standard InChI is InChI=1S/C25H26N4O4/c1-17-4-2-5-20(16-17)23-27-26-22(33-23)18-7-9-19(10-8-18)24(30)28-11-13-29(14-12-28)25(31)21-6-3-15-32-21/h2,4-5,7-10,16,21H,3,6,11-15H2,1H3. The first-order valence-corrected chi connectivity index (χ1v) is 11.3. The zero-order chi connectivity index (χ0) is 22.8. The Bertz CT molecular complexity index is 1140. The van der Waals surface area contributed by atoms with Crippen LogP contribution in [-0.2, 0) is 9.53 Å². The Morgan fingerprint density at radius 3 is 2.27 bits per heavy atom. The first kappa shape index (κ1) is 21.3. The van der Waals surface area contributed by atoms with Crippen molar-refractivity contribution in [1.29, 1.82) is 0 Å². The predicted molar refractivity (Wildman–Crippen MR) is 121 cm³/mol. The van der Waals surface area contributed by atoms with Crippen molar-refractivity contribution in [1.82, 2.24) is 20.0 Å². The first-order chi connectivity index (χ1) is 16.1. The Hall–Kier alpha value is -3.52. The van der Waals surface area contributed by atoms with E-state index < -0.39 is 0 Å². The molecule has 2 saturated heterocycles. The second-order valence-electron chi connectivity index (χ2n) is 8.48. The zero-order valence-electron chi connectivity index (χ0n) is 18.6. The average Bonchev–Trinajstić information content (AvgIpc) is 3.56. The highest BCUT2D eigenvalue weighted by Crippen LogP contribution is 2.25. The summed E-state index contributed by atoms with van der Waals surface area (Å²) in [5.74, 6) is 0.876. The SMILES string of the molecule is Cc1cccc(-c2nnc(-c3ccc(C(=O)N4CCN(C(=O)C5CCCO5)CC4)cc3)o2)c1. The van der Waals surface area contributed by atoms with Gasteiger partial charge in [0.2, 0.25) is 11.8 Å². The summed E-state index contributed by atoms with van der Waals surface area (Å²) >= 11 is 0. The Balaban J connectivity index is 1.21. The van der Waals surface area contributed by atoms with Gasteiger partial charge in [0.25, 0.3) is 11.8 Å². The van der Waals surface area contributed by atoms with E-state index in [1.54, 1.807) is 17.0 Å². The maximum atomic E-state index is 12.9. The molecule has 5 rings (SSSR count). The lowest BCUT2D eigenvalue weighted by molar-refractivity contribution is -0.142. The van der Waals surface area contributed by atoms with Crippen molar-refractivity contribution in [2.24, 2.45) is 0 Å². The van der Waals surface area contributed by atoms with Crippen molar-refractivity contribution in [3.05, 3.63) is 59.7 Å². The third-order valence-electron chi connectivity index (χ3n) is 6.15. The van der Waals surface area contributed by atoms with Gasteiger partial charge in [-0.1, -0.05) is 17.7 Å². The van der Waals surface area contributed by atoms with Gasteiger partial charge in [0.15, 0.2) is 0 Å². The van der Waals surface area contributed by atoms with E-state index in [2.05, 4.69) is 10.2 Å². The number of carbonyl (C=O) groups excluding carboxylic acids is 2. The van der Waals surface area contributed by atoms with Gasteiger partial charge in [-0.15, -0.1) is 10.2 Å². The Labute approximate surface area is 192 Å². The van der Waals surface area contributed by atoms with E-state index >= 15 is 0 Å².